The summed E-state index contributed by atoms with van der Waals surface area (Å²) in [6, 6.07) is 9.06. The number of hydrogen-bond donors (Lipinski definition) is 1. The van der Waals surface area contributed by atoms with Crippen LogP contribution in [0.3, 0.4) is 0 Å². The lowest BCUT2D eigenvalue weighted by atomic mass is 10.0. The zero-order chi connectivity index (χ0) is 17.0. The molecule has 1 N–H and O–H groups in total. The van der Waals surface area contributed by atoms with Crippen molar-refractivity contribution >= 4 is 23.2 Å². The number of ether oxygens (including phenoxy) is 1. The Morgan fingerprint density at radius 3 is 2.43 bits per heavy atom. The second-order valence-electron chi connectivity index (χ2n) is 6.02. The molecule has 0 unspecified atom stereocenters. The fourth-order valence-electron chi connectivity index (χ4n) is 1.94. The summed E-state index contributed by atoms with van der Waals surface area (Å²) in [6.45, 7) is 5.39. The van der Waals surface area contributed by atoms with Crippen LogP contribution < -0.4 is 5.32 Å². The van der Waals surface area contributed by atoms with Gasteiger partial charge in [-0.25, -0.2) is 9.18 Å². The van der Waals surface area contributed by atoms with Crippen LogP contribution in [0.4, 0.5) is 4.39 Å². The quantitative estimate of drug-likeness (QED) is 0.867. The number of nitrogens with one attached hydrogen (secondary N) is 1. The average Bonchev–Trinajstić information content (AvgIpc) is 2.97. The van der Waals surface area contributed by atoms with E-state index < -0.39 is 29.3 Å². The van der Waals surface area contributed by atoms with Crippen LogP contribution in [0.15, 0.2) is 41.8 Å². The predicted octanol–water partition coefficient (Wildman–Crippen LogP) is 3.70. The van der Waals surface area contributed by atoms with E-state index in [2.05, 4.69) is 5.32 Å². The number of halogens is 1. The topological polar surface area (TPSA) is 55.4 Å². The fourth-order valence-corrected chi connectivity index (χ4v) is 2.55. The molecular weight excluding hydrogens is 317 g/mol. The van der Waals surface area contributed by atoms with Gasteiger partial charge < -0.3 is 10.1 Å². The van der Waals surface area contributed by atoms with E-state index in [1.165, 1.54) is 29.5 Å². The summed E-state index contributed by atoms with van der Waals surface area (Å²) in [5.74, 6) is -1.81. The Labute approximate surface area is 138 Å². The first-order chi connectivity index (χ1) is 10.8. The summed E-state index contributed by atoms with van der Waals surface area (Å²) in [5, 5.41) is 4.44. The number of thiophene rings is 1. The van der Waals surface area contributed by atoms with Crippen LogP contribution in [0.25, 0.3) is 0 Å². The fraction of sp³-hybridized carbons (Fsp3) is 0.294. The summed E-state index contributed by atoms with van der Waals surface area (Å²) in [6.07, 6.45) is -1.34. The Morgan fingerprint density at radius 1 is 1.17 bits per heavy atom. The minimum atomic E-state index is -1.34. The Balaban J connectivity index is 2.30. The van der Waals surface area contributed by atoms with Crippen molar-refractivity contribution in [3.63, 3.8) is 0 Å². The smallest absolute Gasteiger partial charge is 0.349 e. The van der Waals surface area contributed by atoms with Gasteiger partial charge in [0.25, 0.3) is 5.91 Å². The lowest BCUT2D eigenvalue weighted by Crippen LogP contribution is -2.44. The number of benzene rings is 1. The summed E-state index contributed by atoms with van der Waals surface area (Å²) < 4.78 is 19.3. The molecule has 0 spiro atoms. The molecule has 6 heteroatoms. The lowest BCUT2D eigenvalue weighted by molar-refractivity contribution is -0.132. The molecule has 0 aliphatic heterocycles. The summed E-state index contributed by atoms with van der Waals surface area (Å²) >= 11 is 1.20. The molecule has 1 aromatic heterocycles. The highest BCUT2D eigenvalue weighted by Crippen LogP contribution is 2.24. The number of amides is 1. The highest BCUT2D eigenvalue weighted by molar-refractivity contribution is 7.11. The van der Waals surface area contributed by atoms with Crippen LogP contribution in [0, 0.1) is 5.82 Å². The highest BCUT2D eigenvalue weighted by Gasteiger charge is 2.30. The Morgan fingerprint density at radius 2 is 1.87 bits per heavy atom. The van der Waals surface area contributed by atoms with Gasteiger partial charge >= 0.3 is 5.97 Å². The Hall–Kier alpha value is -2.21. The minimum Gasteiger partial charge on any atom is -0.443 e. The van der Waals surface area contributed by atoms with E-state index in [0.29, 0.717) is 4.88 Å². The van der Waals surface area contributed by atoms with E-state index >= 15 is 0 Å². The number of carbonyl (C=O) groups is 2. The molecule has 122 valence electrons. The largest absolute Gasteiger partial charge is 0.443 e. The van der Waals surface area contributed by atoms with Crippen molar-refractivity contribution < 1.29 is 18.7 Å². The number of rotatable bonds is 4. The molecule has 0 radical (unpaired) electrons. The van der Waals surface area contributed by atoms with E-state index in [1.54, 1.807) is 44.4 Å². The van der Waals surface area contributed by atoms with Gasteiger partial charge in [-0.2, -0.15) is 0 Å². The molecule has 0 saturated heterocycles. The second kappa shape index (κ2) is 6.91. The van der Waals surface area contributed by atoms with Crippen molar-refractivity contribution in [3.8, 4) is 0 Å². The number of hydrogen-bond acceptors (Lipinski definition) is 4. The van der Waals surface area contributed by atoms with Gasteiger partial charge in [0.2, 0.25) is 6.10 Å². The van der Waals surface area contributed by atoms with Crippen molar-refractivity contribution in [1.29, 1.82) is 0 Å². The van der Waals surface area contributed by atoms with E-state index in [1.807, 2.05) is 0 Å². The van der Waals surface area contributed by atoms with E-state index in [-0.39, 0.29) is 5.56 Å². The third-order valence-corrected chi connectivity index (χ3v) is 3.72. The normalized spacial score (nSPS) is 12.5. The van der Waals surface area contributed by atoms with Crippen LogP contribution in [0.2, 0.25) is 0 Å². The first kappa shape index (κ1) is 17.1. The average molecular weight is 335 g/mol. The van der Waals surface area contributed by atoms with Crippen molar-refractivity contribution in [2.45, 2.75) is 32.4 Å². The second-order valence-corrected chi connectivity index (χ2v) is 6.97. The van der Waals surface area contributed by atoms with Gasteiger partial charge in [0.05, 0.1) is 0 Å². The van der Waals surface area contributed by atoms with Crippen molar-refractivity contribution in [2.24, 2.45) is 0 Å². The molecule has 0 aliphatic carbocycles. The third kappa shape index (κ3) is 4.63. The minimum absolute atomic E-state index is 0.0270. The zero-order valence-electron chi connectivity index (χ0n) is 13.1. The van der Waals surface area contributed by atoms with Crippen LogP contribution in [0.5, 0.6) is 0 Å². The number of esters is 1. The first-order valence-electron chi connectivity index (χ1n) is 7.09. The first-order valence-corrected chi connectivity index (χ1v) is 7.97. The van der Waals surface area contributed by atoms with E-state index in [4.69, 9.17) is 4.74 Å². The summed E-state index contributed by atoms with van der Waals surface area (Å²) in [5.41, 5.74) is -0.505. The molecule has 0 saturated carbocycles. The third-order valence-electron chi connectivity index (χ3n) is 2.87. The monoisotopic (exact) mass is 335 g/mol. The van der Waals surface area contributed by atoms with Crippen LogP contribution >= 0.6 is 11.3 Å². The van der Waals surface area contributed by atoms with E-state index in [0.717, 1.165) is 0 Å². The van der Waals surface area contributed by atoms with Gasteiger partial charge in [0.15, 0.2) is 0 Å². The van der Waals surface area contributed by atoms with Gasteiger partial charge in [0, 0.05) is 11.1 Å². The molecule has 1 aromatic carbocycles. The predicted molar refractivity (Wildman–Crippen MR) is 86.8 cm³/mol. The van der Waals surface area contributed by atoms with Gasteiger partial charge in [-0.1, -0.05) is 24.3 Å². The van der Waals surface area contributed by atoms with Crippen molar-refractivity contribution in [3.05, 3.63) is 58.0 Å². The summed E-state index contributed by atoms with van der Waals surface area (Å²) in [7, 11) is 0. The van der Waals surface area contributed by atoms with Gasteiger partial charge in [-0.3, -0.25) is 4.79 Å². The maximum Gasteiger partial charge on any atom is 0.349 e. The molecular formula is C17H18FNO3S. The van der Waals surface area contributed by atoms with Crippen LogP contribution in [-0.4, -0.2) is 17.4 Å². The van der Waals surface area contributed by atoms with Gasteiger partial charge in [-0.05, 0) is 38.3 Å². The maximum atomic E-state index is 14.1. The van der Waals surface area contributed by atoms with Crippen LogP contribution in [-0.2, 0) is 9.53 Å². The van der Waals surface area contributed by atoms with Crippen molar-refractivity contribution in [2.75, 3.05) is 0 Å². The zero-order valence-corrected chi connectivity index (χ0v) is 13.9. The van der Waals surface area contributed by atoms with Crippen LogP contribution in [0.1, 0.15) is 42.1 Å². The highest BCUT2D eigenvalue weighted by atomic mass is 32.1. The van der Waals surface area contributed by atoms with E-state index in [9.17, 15) is 14.0 Å². The molecule has 1 heterocycles. The lowest BCUT2D eigenvalue weighted by Gasteiger charge is -2.25. The maximum absolute atomic E-state index is 14.1. The molecule has 0 bridgehead atoms. The molecule has 1 atom stereocenters. The SMILES string of the molecule is CC(C)(C)NC(=O)[C@@H](OC(=O)c1cccs1)c1ccccc1F. The Kier molecular flexibility index (Phi) is 5.15. The standard InChI is InChI=1S/C17H18FNO3S/c1-17(2,3)19-15(20)14(11-7-4-5-8-12(11)18)22-16(21)13-9-6-10-23-13/h4-10,14H,1-3H3,(H,19,20)/t14-/m0/s1. The molecule has 0 fully saturated rings. The van der Waals surface area contributed by atoms with Gasteiger partial charge in [0.1, 0.15) is 10.7 Å². The molecule has 23 heavy (non-hydrogen) atoms. The molecule has 0 aliphatic rings. The van der Waals surface area contributed by atoms with Gasteiger partial charge in [-0.15, -0.1) is 11.3 Å². The van der Waals surface area contributed by atoms with Crippen molar-refractivity contribution in [1.82, 2.24) is 5.32 Å². The number of carbonyl (C=O) groups excluding carboxylic acids is 2. The molecule has 1 amide bonds. The Bertz CT molecular complexity index is 692. The molecule has 2 aromatic rings. The molecule has 4 nitrogen and oxygen atoms in total. The molecule has 2 rings (SSSR count). The summed E-state index contributed by atoms with van der Waals surface area (Å²) in [4.78, 5) is 25.0.